The molecule has 0 aliphatic heterocycles. The van der Waals surface area contributed by atoms with Gasteiger partial charge in [0.15, 0.2) is 0 Å². The zero-order chi connectivity index (χ0) is 13.5. The molecule has 0 atom stereocenters. The second-order valence-corrected chi connectivity index (χ2v) is 4.42. The van der Waals surface area contributed by atoms with E-state index < -0.39 is 6.03 Å². The van der Waals surface area contributed by atoms with E-state index in [1.807, 2.05) is 32.1 Å². The average molecular weight is 302 g/mol. The largest absolute Gasteiger partial charge is 0.351 e. The van der Waals surface area contributed by atoms with Crippen molar-refractivity contribution in [1.82, 2.24) is 5.32 Å². The summed E-state index contributed by atoms with van der Waals surface area (Å²) in [5.74, 6) is 0.437. The monoisotopic (exact) mass is 301 g/mol. The Morgan fingerprint density at radius 3 is 2.42 bits per heavy atom. The lowest BCUT2D eigenvalue weighted by molar-refractivity contribution is 0.253. The fourth-order valence-corrected chi connectivity index (χ4v) is 1.40. The van der Waals surface area contributed by atoms with Crippen LogP contribution < -0.4 is 11.1 Å². The van der Waals surface area contributed by atoms with Crippen molar-refractivity contribution in [3.05, 3.63) is 40.9 Å². The molecule has 0 heterocycles. The molecule has 0 spiro atoms. The number of nitrogens with zero attached hydrogens (tertiary/aromatic N) is 1. The van der Waals surface area contributed by atoms with Gasteiger partial charge < -0.3 is 5.73 Å². The molecule has 0 radical (unpaired) electrons. The molecule has 0 saturated heterocycles. The zero-order valence-corrected chi connectivity index (χ0v) is 12.3. The van der Waals surface area contributed by atoms with Gasteiger partial charge in [0.25, 0.3) is 0 Å². The van der Waals surface area contributed by atoms with E-state index in [2.05, 4.69) is 10.3 Å². The second-order valence-electron chi connectivity index (χ2n) is 3.98. The van der Waals surface area contributed by atoms with Gasteiger partial charge in [-0.05, 0) is 37.6 Å². The predicted octanol–water partition coefficient (Wildman–Crippen LogP) is 3.25. The van der Waals surface area contributed by atoms with Crippen LogP contribution in [0, 0.1) is 0 Å². The molecule has 1 aromatic carbocycles. The van der Waals surface area contributed by atoms with Gasteiger partial charge in [-0.15, -0.1) is 12.4 Å². The molecule has 0 aromatic heterocycles. The molecule has 0 bridgehead atoms. The third kappa shape index (κ3) is 7.49. The standard InChI is InChI=1S/C13H16ClN3O.ClH/c1-9(2)16-12(17-13(15)18)8-5-10-3-6-11(14)7-4-10;/h3-9H,1-2H3,(H3,15,16,17,18);1H. The third-order valence-corrected chi connectivity index (χ3v) is 2.20. The van der Waals surface area contributed by atoms with Crippen molar-refractivity contribution >= 4 is 42.0 Å². The first-order chi connectivity index (χ1) is 8.47. The number of halogens is 2. The van der Waals surface area contributed by atoms with Gasteiger partial charge in [0.1, 0.15) is 5.84 Å². The van der Waals surface area contributed by atoms with Crippen LogP contribution >= 0.6 is 24.0 Å². The quantitative estimate of drug-likeness (QED) is 0.653. The fourth-order valence-electron chi connectivity index (χ4n) is 1.27. The van der Waals surface area contributed by atoms with E-state index in [9.17, 15) is 4.79 Å². The molecule has 1 aromatic rings. The summed E-state index contributed by atoms with van der Waals surface area (Å²) in [6, 6.07) is 6.77. The Balaban J connectivity index is 0.00000324. The van der Waals surface area contributed by atoms with Crippen LogP contribution in [0.3, 0.4) is 0 Å². The van der Waals surface area contributed by atoms with Crippen molar-refractivity contribution in [1.29, 1.82) is 0 Å². The van der Waals surface area contributed by atoms with Crippen molar-refractivity contribution in [2.45, 2.75) is 19.9 Å². The normalized spacial score (nSPS) is 11.5. The Kier molecular flexibility index (Phi) is 7.87. The number of hydrogen-bond acceptors (Lipinski definition) is 2. The first kappa shape index (κ1) is 17.5. The van der Waals surface area contributed by atoms with Crippen molar-refractivity contribution in [3.63, 3.8) is 0 Å². The summed E-state index contributed by atoms with van der Waals surface area (Å²) in [5, 5.41) is 3.15. The number of aliphatic imine (C=N–C) groups is 1. The van der Waals surface area contributed by atoms with E-state index in [0.29, 0.717) is 10.9 Å². The number of carbonyl (C=O) groups excluding carboxylic acids is 1. The van der Waals surface area contributed by atoms with Gasteiger partial charge in [0, 0.05) is 11.1 Å². The van der Waals surface area contributed by atoms with Gasteiger partial charge >= 0.3 is 6.03 Å². The maximum absolute atomic E-state index is 10.8. The maximum Gasteiger partial charge on any atom is 0.317 e. The number of carbonyl (C=O) groups is 1. The number of amides is 2. The van der Waals surface area contributed by atoms with Gasteiger partial charge in [-0.1, -0.05) is 29.8 Å². The Morgan fingerprint density at radius 2 is 1.95 bits per heavy atom. The maximum atomic E-state index is 10.8. The first-order valence-electron chi connectivity index (χ1n) is 5.55. The SMILES string of the molecule is CC(C)N=C(C=Cc1ccc(Cl)cc1)NC(N)=O.Cl. The van der Waals surface area contributed by atoms with Crippen LogP contribution in [0.25, 0.3) is 6.08 Å². The summed E-state index contributed by atoms with van der Waals surface area (Å²) < 4.78 is 0. The van der Waals surface area contributed by atoms with Gasteiger partial charge in [-0.2, -0.15) is 0 Å². The van der Waals surface area contributed by atoms with Gasteiger partial charge in [0.2, 0.25) is 0 Å². The number of benzene rings is 1. The second kappa shape index (κ2) is 8.56. The van der Waals surface area contributed by atoms with Crippen LogP contribution in [0.1, 0.15) is 19.4 Å². The highest BCUT2D eigenvalue weighted by molar-refractivity contribution is 6.30. The molecule has 3 N–H and O–H groups in total. The van der Waals surface area contributed by atoms with Crippen LogP contribution in [-0.2, 0) is 0 Å². The van der Waals surface area contributed by atoms with E-state index >= 15 is 0 Å². The summed E-state index contributed by atoms with van der Waals surface area (Å²) in [6.07, 6.45) is 3.53. The molecule has 19 heavy (non-hydrogen) atoms. The van der Waals surface area contributed by atoms with E-state index in [1.165, 1.54) is 0 Å². The van der Waals surface area contributed by atoms with Crippen molar-refractivity contribution < 1.29 is 4.79 Å². The van der Waals surface area contributed by atoms with Crippen LogP contribution in [0.2, 0.25) is 5.02 Å². The smallest absolute Gasteiger partial charge is 0.317 e. The minimum atomic E-state index is -0.629. The van der Waals surface area contributed by atoms with Crippen molar-refractivity contribution in [3.8, 4) is 0 Å². The van der Waals surface area contributed by atoms with E-state index in [-0.39, 0.29) is 18.4 Å². The Labute approximate surface area is 124 Å². The van der Waals surface area contributed by atoms with Gasteiger partial charge in [0.05, 0.1) is 0 Å². The molecule has 0 aliphatic carbocycles. The van der Waals surface area contributed by atoms with Gasteiger partial charge in [-0.3, -0.25) is 10.3 Å². The predicted molar refractivity (Wildman–Crippen MR) is 83.0 cm³/mol. The molecule has 1 rings (SSSR count). The molecule has 0 unspecified atom stereocenters. The number of primary amides is 1. The fraction of sp³-hybridized carbons (Fsp3) is 0.231. The van der Waals surface area contributed by atoms with Crippen LogP contribution in [0.4, 0.5) is 4.79 Å². The first-order valence-corrected chi connectivity index (χ1v) is 5.93. The molecule has 0 fully saturated rings. The number of hydrogen-bond donors (Lipinski definition) is 2. The lowest BCUT2D eigenvalue weighted by atomic mass is 10.2. The van der Waals surface area contributed by atoms with Crippen molar-refractivity contribution in [2.24, 2.45) is 10.7 Å². The summed E-state index contributed by atoms with van der Waals surface area (Å²) >= 11 is 5.79. The molecular weight excluding hydrogens is 285 g/mol. The Morgan fingerprint density at radius 1 is 1.37 bits per heavy atom. The highest BCUT2D eigenvalue weighted by Gasteiger charge is 1.99. The number of urea groups is 1. The van der Waals surface area contributed by atoms with E-state index in [0.717, 1.165) is 5.56 Å². The number of nitrogens with two attached hydrogens (primary N) is 1. The zero-order valence-electron chi connectivity index (χ0n) is 10.8. The number of rotatable bonds is 3. The minimum absolute atomic E-state index is 0. The lowest BCUT2D eigenvalue weighted by Crippen LogP contribution is -2.34. The Hall–Kier alpha value is -1.52. The van der Waals surface area contributed by atoms with E-state index in [4.69, 9.17) is 17.3 Å². The summed E-state index contributed by atoms with van der Waals surface area (Å²) in [7, 11) is 0. The summed E-state index contributed by atoms with van der Waals surface area (Å²) in [5.41, 5.74) is 6.04. The highest BCUT2D eigenvalue weighted by atomic mass is 35.5. The average Bonchev–Trinajstić information content (AvgIpc) is 2.26. The van der Waals surface area contributed by atoms with Crippen LogP contribution in [0.5, 0.6) is 0 Å². The van der Waals surface area contributed by atoms with Crippen molar-refractivity contribution in [2.75, 3.05) is 0 Å². The molecule has 0 aliphatic rings. The van der Waals surface area contributed by atoms with Gasteiger partial charge in [-0.25, -0.2) is 4.79 Å². The van der Waals surface area contributed by atoms with Crippen LogP contribution in [-0.4, -0.2) is 17.9 Å². The molecule has 4 nitrogen and oxygen atoms in total. The molecule has 2 amide bonds. The highest BCUT2D eigenvalue weighted by Crippen LogP contribution is 2.10. The summed E-state index contributed by atoms with van der Waals surface area (Å²) in [6.45, 7) is 3.83. The molecule has 0 saturated carbocycles. The van der Waals surface area contributed by atoms with E-state index in [1.54, 1.807) is 18.2 Å². The molecule has 104 valence electrons. The molecular formula is C13H17Cl2N3O. The minimum Gasteiger partial charge on any atom is -0.351 e. The Bertz CT molecular complexity index is 467. The lowest BCUT2D eigenvalue weighted by Gasteiger charge is -2.04. The number of nitrogens with one attached hydrogen (secondary N) is 1. The van der Waals surface area contributed by atoms with Crippen LogP contribution in [0.15, 0.2) is 35.3 Å². The summed E-state index contributed by atoms with van der Waals surface area (Å²) in [4.78, 5) is 15.1. The third-order valence-electron chi connectivity index (χ3n) is 1.95. The number of amidine groups is 1. The molecule has 6 heteroatoms. The topological polar surface area (TPSA) is 67.5 Å².